The van der Waals surface area contributed by atoms with Gasteiger partial charge in [0.2, 0.25) is 0 Å². The predicted octanol–water partition coefficient (Wildman–Crippen LogP) is 3.51. The van der Waals surface area contributed by atoms with Gasteiger partial charge in [0.15, 0.2) is 0 Å². The van der Waals surface area contributed by atoms with Gasteiger partial charge < -0.3 is 14.3 Å². The van der Waals surface area contributed by atoms with Crippen LogP contribution in [0.5, 0.6) is 0 Å². The highest BCUT2D eigenvalue weighted by atomic mass is 19.4. The molecule has 0 aliphatic carbocycles. The number of nitrogens with zero attached hydrogens (tertiary/aromatic N) is 8. The molecule has 0 unspecified atom stereocenters. The SMILES string of the molecule is O=C(c1nnc(-c2cnn(C(F)F)c2)o1)N1CCc2[nH]cnc2[C@@H]1c1cc2c(C(F)(F)F)cccn2n1. The molecule has 1 aliphatic rings. The second kappa shape index (κ2) is 8.21. The Kier molecular flexibility index (Phi) is 5.06. The van der Waals surface area contributed by atoms with Crippen molar-refractivity contribution in [2.75, 3.05) is 6.54 Å². The van der Waals surface area contributed by atoms with Crippen molar-refractivity contribution in [2.24, 2.45) is 0 Å². The van der Waals surface area contributed by atoms with E-state index in [0.717, 1.165) is 23.0 Å². The van der Waals surface area contributed by atoms with E-state index in [0.29, 0.717) is 22.5 Å². The van der Waals surface area contributed by atoms with Crippen molar-refractivity contribution in [1.82, 2.24) is 44.5 Å². The Morgan fingerprint density at radius 3 is 2.84 bits per heavy atom. The van der Waals surface area contributed by atoms with Gasteiger partial charge in [-0.3, -0.25) is 4.79 Å². The number of imidazole rings is 1. The molecular weight excluding hydrogens is 505 g/mol. The van der Waals surface area contributed by atoms with E-state index in [-0.39, 0.29) is 29.2 Å². The molecule has 1 amide bonds. The third-order valence-electron chi connectivity index (χ3n) is 5.95. The molecule has 0 saturated heterocycles. The van der Waals surface area contributed by atoms with Gasteiger partial charge in [-0.1, -0.05) is 0 Å². The molecule has 0 aromatic carbocycles. The smallest absolute Gasteiger partial charge is 0.412 e. The van der Waals surface area contributed by atoms with Gasteiger partial charge in [0.25, 0.3) is 5.89 Å². The molecule has 5 aromatic rings. The lowest BCUT2D eigenvalue weighted by Gasteiger charge is -2.32. The highest BCUT2D eigenvalue weighted by Gasteiger charge is 2.39. The van der Waals surface area contributed by atoms with E-state index in [4.69, 9.17) is 4.42 Å². The maximum absolute atomic E-state index is 13.6. The van der Waals surface area contributed by atoms with Crippen molar-refractivity contribution < 1.29 is 31.2 Å². The second-order valence-corrected chi connectivity index (χ2v) is 8.14. The summed E-state index contributed by atoms with van der Waals surface area (Å²) >= 11 is 0. The third-order valence-corrected chi connectivity index (χ3v) is 5.95. The zero-order valence-electron chi connectivity index (χ0n) is 18.4. The average molecular weight is 519 g/mol. The van der Waals surface area contributed by atoms with Gasteiger partial charge in [-0.05, 0) is 18.2 Å². The molecule has 6 rings (SSSR count). The number of hydrogen-bond donors (Lipinski definition) is 1. The molecular formula is C21H14F5N9O2. The largest absolute Gasteiger partial charge is 0.418 e. The van der Waals surface area contributed by atoms with Crippen molar-refractivity contribution >= 4 is 11.4 Å². The minimum atomic E-state index is -4.61. The highest BCUT2D eigenvalue weighted by molar-refractivity contribution is 5.90. The monoisotopic (exact) mass is 519 g/mol. The van der Waals surface area contributed by atoms with Crippen LogP contribution in [-0.4, -0.2) is 56.9 Å². The first-order valence-corrected chi connectivity index (χ1v) is 10.8. The third kappa shape index (κ3) is 3.80. The first kappa shape index (κ1) is 22.8. The van der Waals surface area contributed by atoms with E-state index < -0.39 is 36.1 Å². The van der Waals surface area contributed by atoms with E-state index in [1.807, 2.05) is 0 Å². The number of H-pyrrole nitrogens is 1. The molecule has 6 heterocycles. The van der Waals surface area contributed by atoms with Crippen LogP contribution in [0.4, 0.5) is 22.0 Å². The first-order chi connectivity index (χ1) is 17.7. The van der Waals surface area contributed by atoms with Crippen LogP contribution in [0.15, 0.2) is 47.5 Å². The van der Waals surface area contributed by atoms with Crippen molar-refractivity contribution in [1.29, 1.82) is 0 Å². The summed E-state index contributed by atoms with van der Waals surface area (Å²) in [4.78, 5) is 22.0. The minimum Gasteiger partial charge on any atom is -0.412 e. The number of aromatic nitrogens is 8. The van der Waals surface area contributed by atoms with Crippen molar-refractivity contribution in [3.05, 3.63) is 71.7 Å². The summed E-state index contributed by atoms with van der Waals surface area (Å²) in [5.41, 5.74) is 0.279. The van der Waals surface area contributed by atoms with Crippen molar-refractivity contribution in [3.63, 3.8) is 0 Å². The maximum atomic E-state index is 13.6. The Labute approximate surface area is 202 Å². The number of nitrogens with one attached hydrogen (secondary N) is 1. The molecule has 1 aliphatic heterocycles. The number of fused-ring (bicyclic) bond motifs is 2. The van der Waals surface area contributed by atoms with Gasteiger partial charge >= 0.3 is 24.5 Å². The summed E-state index contributed by atoms with van der Waals surface area (Å²) in [7, 11) is 0. The lowest BCUT2D eigenvalue weighted by atomic mass is 9.99. The first-order valence-electron chi connectivity index (χ1n) is 10.8. The number of carbonyl (C=O) groups is 1. The van der Waals surface area contributed by atoms with Gasteiger partial charge in [0.1, 0.15) is 6.04 Å². The number of alkyl halides is 5. The number of halogens is 5. The van der Waals surface area contributed by atoms with E-state index in [1.54, 1.807) is 0 Å². The van der Waals surface area contributed by atoms with Gasteiger partial charge in [-0.25, -0.2) is 14.2 Å². The zero-order valence-corrected chi connectivity index (χ0v) is 18.4. The van der Waals surface area contributed by atoms with Crippen LogP contribution >= 0.6 is 0 Å². The molecule has 190 valence electrons. The Bertz CT molecular complexity index is 1620. The Balaban J connectivity index is 1.39. The normalized spacial score (nSPS) is 16.1. The molecule has 16 heteroatoms. The van der Waals surface area contributed by atoms with Gasteiger partial charge in [0, 0.05) is 31.1 Å². The lowest BCUT2D eigenvalue weighted by molar-refractivity contribution is -0.136. The fourth-order valence-electron chi connectivity index (χ4n) is 4.31. The quantitative estimate of drug-likeness (QED) is 0.361. The van der Waals surface area contributed by atoms with Crippen molar-refractivity contribution in [3.8, 4) is 11.5 Å². The minimum absolute atomic E-state index is 0.0802. The van der Waals surface area contributed by atoms with E-state index in [9.17, 15) is 26.7 Å². The second-order valence-electron chi connectivity index (χ2n) is 8.14. The number of aromatic amines is 1. The molecule has 5 aromatic heterocycles. The van der Waals surface area contributed by atoms with E-state index in [1.165, 1.54) is 29.6 Å². The molecule has 11 nitrogen and oxygen atoms in total. The summed E-state index contributed by atoms with van der Waals surface area (Å²) in [6, 6.07) is 2.48. The zero-order chi connectivity index (χ0) is 25.9. The Morgan fingerprint density at radius 1 is 1.24 bits per heavy atom. The summed E-state index contributed by atoms with van der Waals surface area (Å²) in [6.45, 7) is -2.74. The van der Waals surface area contributed by atoms with Crippen LogP contribution < -0.4 is 0 Å². The van der Waals surface area contributed by atoms with Gasteiger partial charge in [-0.15, -0.1) is 10.2 Å². The standard InChI is InChI=1S/C21H14F5N9O2/c22-20(23)35-8-10(7-29-35)17-30-31-18(37-17)19(36)33-5-3-12-15(28-9-27-12)16(33)13-6-14-11(21(24,25)26)2-1-4-34(14)32-13/h1-2,4,6-9,16,20H,3,5H2,(H,27,28)/t16-/m0/s1. The predicted molar refractivity (Wildman–Crippen MR) is 112 cm³/mol. The van der Waals surface area contributed by atoms with Crippen molar-refractivity contribution in [2.45, 2.75) is 25.2 Å². The molecule has 1 atom stereocenters. The van der Waals surface area contributed by atoms with Crippen LogP contribution in [0.3, 0.4) is 0 Å². The van der Waals surface area contributed by atoms with E-state index in [2.05, 4.69) is 30.4 Å². The number of rotatable bonds is 4. The molecule has 0 radical (unpaired) electrons. The highest BCUT2D eigenvalue weighted by Crippen LogP contribution is 2.37. The number of hydrogen-bond acceptors (Lipinski definition) is 7. The number of pyridine rings is 1. The summed E-state index contributed by atoms with van der Waals surface area (Å²) in [6.07, 6.45) is 0.633. The van der Waals surface area contributed by atoms with Crippen LogP contribution in [0, 0.1) is 0 Å². The van der Waals surface area contributed by atoms with Gasteiger partial charge in [-0.2, -0.15) is 32.1 Å². The molecule has 37 heavy (non-hydrogen) atoms. The molecule has 0 bridgehead atoms. The number of amides is 1. The fraction of sp³-hybridized carbons (Fsp3) is 0.238. The summed E-state index contributed by atoms with van der Waals surface area (Å²) in [5, 5.41) is 15.3. The van der Waals surface area contributed by atoms with Crippen LogP contribution in [0.1, 0.15) is 45.9 Å². The summed E-state index contributed by atoms with van der Waals surface area (Å²) in [5.74, 6) is -1.37. The Morgan fingerprint density at radius 2 is 2.08 bits per heavy atom. The fourth-order valence-corrected chi connectivity index (χ4v) is 4.31. The lowest BCUT2D eigenvalue weighted by Crippen LogP contribution is -2.41. The van der Waals surface area contributed by atoms with Crippen LogP contribution in [0.2, 0.25) is 0 Å². The molecule has 1 N–H and O–H groups in total. The Hall–Kier alpha value is -4.63. The maximum Gasteiger partial charge on any atom is 0.418 e. The topological polar surface area (TPSA) is 123 Å². The molecule has 0 spiro atoms. The number of carbonyl (C=O) groups excluding carboxylic acids is 1. The van der Waals surface area contributed by atoms with Crippen LogP contribution in [-0.2, 0) is 12.6 Å². The molecule has 0 saturated carbocycles. The molecule has 0 fully saturated rings. The van der Waals surface area contributed by atoms with Gasteiger partial charge in [0.05, 0.1) is 40.6 Å². The average Bonchev–Trinajstić information content (AvgIpc) is 3.66. The van der Waals surface area contributed by atoms with Crippen LogP contribution in [0.25, 0.3) is 17.0 Å². The summed E-state index contributed by atoms with van der Waals surface area (Å²) < 4.78 is 73.3. The van der Waals surface area contributed by atoms with E-state index >= 15 is 0 Å².